The number of ether oxygens (including phenoxy) is 1. The highest BCUT2D eigenvalue weighted by molar-refractivity contribution is 7.17. The van der Waals surface area contributed by atoms with Crippen molar-refractivity contribution in [1.29, 1.82) is 0 Å². The van der Waals surface area contributed by atoms with Crippen molar-refractivity contribution in [2.75, 3.05) is 20.1 Å². The molecular formula is C18H20F2N2O2S. The van der Waals surface area contributed by atoms with Crippen molar-refractivity contribution in [3.8, 4) is 16.2 Å². The average Bonchev–Trinajstić information content (AvgIpc) is 3.11. The van der Waals surface area contributed by atoms with E-state index in [4.69, 9.17) is 0 Å². The Hall–Kier alpha value is -1.99. The number of rotatable bonds is 5. The van der Waals surface area contributed by atoms with Gasteiger partial charge in [-0.2, -0.15) is 8.78 Å². The Morgan fingerprint density at radius 3 is 2.72 bits per heavy atom. The van der Waals surface area contributed by atoms with Crippen LogP contribution in [0.25, 0.3) is 10.4 Å². The Bertz CT molecular complexity index is 718. The largest absolute Gasteiger partial charge is 0.435 e. The molecule has 0 aliphatic carbocycles. The van der Waals surface area contributed by atoms with Crippen molar-refractivity contribution in [2.45, 2.75) is 25.5 Å². The highest BCUT2D eigenvalue weighted by Gasteiger charge is 2.24. The Labute approximate surface area is 149 Å². The lowest BCUT2D eigenvalue weighted by molar-refractivity contribution is -0.0498. The number of amides is 1. The van der Waals surface area contributed by atoms with E-state index in [2.05, 4.69) is 10.1 Å². The van der Waals surface area contributed by atoms with E-state index in [1.165, 1.54) is 23.5 Å². The van der Waals surface area contributed by atoms with Gasteiger partial charge >= 0.3 is 6.61 Å². The normalized spacial score (nSPS) is 17.8. The molecule has 1 aromatic carbocycles. The van der Waals surface area contributed by atoms with E-state index in [0.717, 1.165) is 36.4 Å². The fourth-order valence-electron chi connectivity index (χ4n) is 2.96. The fourth-order valence-corrected chi connectivity index (χ4v) is 3.94. The average molecular weight is 366 g/mol. The van der Waals surface area contributed by atoms with E-state index in [0.29, 0.717) is 10.9 Å². The summed E-state index contributed by atoms with van der Waals surface area (Å²) in [5.74, 6) is 0.173. The highest BCUT2D eigenvalue weighted by atomic mass is 32.1. The van der Waals surface area contributed by atoms with Gasteiger partial charge in [-0.05, 0) is 61.9 Å². The summed E-state index contributed by atoms with van der Waals surface area (Å²) in [7, 11) is 1.92. The second-order valence-electron chi connectivity index (χ2n) is 5.95. The number of nitrogens with zero attached hydrogens (tertiary/aromatic N) is 1. The molecule has 1 N–H and O–H groups in total. The molecule has 1 unspecified atom stereocenters. The number of alkyl halides is 2. The molecule has 7 heteroatoms. The van der Waals surface area contributed by atoms with Gasteiger partial charge in [-0.25, -0.2) is 0 Å². The zero-order valence-electron chi connectivity index (χ0n) is 13.9. The number of benzene rings is 1. The smallest absolute Gasteiger partial charge is 0.387 e. The van der Waals surface area contributed by atoms with Crippen LogP contribution in [0.1, 0.15) is 22.5 Å². The topological polar surface area (TPSA) is 41.6 Å². The van der Waals surface area contributed by atoms with Crippen LogP contribution in [0.2, 0.25) is 0 Å². The number of carbonyl (C=O) groups is 1. The summed E-state index contributed by atoms with van der Waals surface area (Å²) in [6, 6.07) is 10.5. The molecular weight excluding hydrogens is 346 g/mol. The molecule has 1 saturated heterocycles. The summed E-state index contributed by atoms with van der Waals surface area (Å²) < 4.78 is 28.8. The maximum Gasteiger partial charge on any atom is 0.387 e. The van der Waals surface area contributed by atoms with Gasteiger partial charge in [0.15, 0.2) is 0 Å². The van der Waals surface area contributed by atoms with Crippen LogP contribution >= 0.6 is 11.3 Å². The van der Waals surface area contributed by atoms with Gasteiger partial charge in [0.05, 0.1) is 4.88 Å². The van der Waals surface area contributed by atoms with E-state index in [1.54, 1.807) is 12.1 Å². The summed E-state index contributed by atoms with van der Waals surface area (Å²) in [5.41, 5.74) is 0.873. The molecule has 2 heterocycles. The van der Waals surface area contributed by atoms with Gasteiger partial charge in [0, 0.05) is 24.0 Å². The van der Waals surface area contributed by atoms with Crippen molar-refractivity contribution in [1.82, 2.24) is 10.2 Å². The SMILES string of the molecule is CNC1CCCN(C(=O)c2ccc(-c3ccc(OC(F)F)cc3)s2)C1. The number of piperidine rings is 1. The first kappa shape index (κ1) is 17.8. The van der Waals surface area contributed by atoms with Crippen LogP contribution in [-0.4, -0.2) is 43.6 Å². The minimum absolute atomic E-state index is 0.0499. The molecule has 0 spiro atoms. The van der Waals surface area contributed by atoms with Gasteiger partial charge in [0.1, 0.15) is 5.75 Å². The first-order valence-electron chi connectivity index (χ1n) is 8.18. The predicted octanol–water partition coefficient (Wildman–Crippen LogP) is 3.84. The lowest BCUT2D eigenvalue weighted by Crippen LogP contribution is -2.46. The Morgan fingerprint density at radius 2 is 2.04 bits per heavy atom. The second kappa shape index (κ2) is 7.93. The molecule has 3 rings (SSSR count). The Kier molecular flexibility index (Phi) is 5.65. The van der Waals surface area contributed by atoms with Gasteiger partial charge < -0.3 is 15.0 Å². The van der Waals surface area contributed by atoms with Gasteiger partial charge in [0.25, 0.3) is 5.91 Å². The number of carbonyl (C=O) groups excluding carboxylic acids is 1. The molecule has 0 saturated carbocycles. The monoisotopic (exact) mass is 366 g/mol. The standard InChI is InChI=1S/C18H20F2N2O2S/c1-21-13-3-2-10-22(11-13)17(23)16-9-8-15(25-16)12-4-6-14(7-5-12)24-18(19)20/h4-9,13,18,21H,2-3,10-11H2,1H3. The minimum Gasteiger partial charge on any atom is -0.435 e. The zero-order chi connectivity index (χ0) is 17.8. The van der Waals surface area contributed by atoms with Crippen molar-refractivity contribution in [3.05, 3.63) is 41.3 Å². The Balaban J connectivity index is 1.70. The van der Waals surface area contributed by atoms with E-state index < -0.39 is 6.61 Å². The number of nitrogens with one attached hydrogen (secondary N) is 1. The summed E-state index contributed by atoms with van der Waals surface area (Å²) in [4.78, 5) is 16.2. The van der Waals surface area contributed by atoms with Crippen molar-refractivity contribution in [2.24, 2.45) is 0 Å². The van der Waals surface area contributed by atoms with E-state index >= 15 is 0 Å². The van der Waals surface area contributed by atoms with Crippen molar-refractivity contribution < 1.29 is 18.3 Å². The zero-order valence-corrected chi connectivity index (χ0v) is 14.7. The molecule has 25 heavy (non-hydrogen) atoms. The molecule has 0 radical (unpaired) electrons. The minimum atomic E-state index is -2.83. The van der Waals surface area contributed by atoms with Gasteiger partial charge in [0.2, 0.25) is 0 Å². The van der Waals surface area contributed by atoms with Crippen LogP contribution in [0, 0.1) is 0 Å². The third-order valence-corrected chi connectivity index (χ3v) is 5.42. The highest BCUT2D eigenvalue weighted by Crippen LogP contribution is 2.30. The molecule has 1 atom stereocenters. The molecule has 4 nitrogen and oxygen atoms in total. The second-order valence-corrected chi connectivity index (χ2v) is 7.03. The first-order chi connectivity index (χ1) is 12.1. The van der Waals surface area contributed by atoms with E-state index in [1.807, 2.05) is 24.1 Å². The van der Waals surface area contributed by atoms with E-state index in [9.17, 15) is 13.6 Å². The van der Waals surface area contributed by atoms with Crippen LogP contribution in [-0.2, 0) is 0 Å². The predicted molar refractivity (Wildman–Crippen MR) is 94.4 cm³/mol. The lowest BCUT2D eigenvalue weighted by Gasteiger charge is -2.32. The van der Waals surface area contributed by atoms with Crippen LogP contribution in [0.5, 0.6) is 5.75 Å². The van der Waals surface area contributed by atoms with Crippen molar-refractivity contribution in [3.63, 3.8) is 0 Å². The first-order valence-corrected chi connectivity index (χ1v) is 9.00. The van der Waals surface area contributed by atoms with Gasteiger partial charge in [-0.1, -0.05) is 0 Å². The molecule has 134 valence electrons. The van der Waals surface area contributed by atoms with Crippen molar-refractivity contribution >= 4 is 17.2 Å². The molecule has 1 amide bonds. The van der Waals surface area contributed by atoms with Crippen LogP contribution in [0.15, 0.2) is 36.4 Å². The van der Waals surface area contributed by atoms with Crippen LogP contribution in [0.4, 0.5) is 8.78 Å². The molecule has 1 fully saturated rings. The molecule has 1 aliphatic rings. The molecule has 0 bridgehead atoms. The molecule has 2 aromatic rings. The fraction of sp³-hybridized carbons (Fsp3) is 0.389. The third kappa shape index (κ3) is 4.35. The maximum absolute atomic E-state index is 12.7. The summed E-state index contributed by atoms with van der Waals surface area (Å²) in [6.45, 7) is -1.32. The van der Waals surface area contributed by atoms with Gasteiger partial charge in [-0.15, -0.1) is 11.3 Å². The summed E-state index contributed by atoms with van der Waals surface area (Å²) >= 11 is 1.42. The quantitative estimate of drug-likeness (QED) is 0.874. The number of thiophene rings is 1. The number of halogens is 2. The number of likely N-dealkylation sites (tertiary alicyclic amines) is 1. The number of hydrogen-bond acceptors (Lipinski definition) is 4. The number of likely N-dealkylation sites (N-methyl/N-ethyl adjacent to an activating group) is 1. The maximum atomic E-state index is 12.7. The summed E-state index contributed by atoms with van der Waals surface area (Å²) in [6.07, 6.45) is 2.09. The lowest BCUT2D eigenvalue weighted by atomic mass is 10.1. The van der Waals surface area contributed by atoms with Gasteiger partial charge in [-0.3, -0.25) is 4.79 Å². The summed E-state index contributed by atoms with van der Waals surface area (Å²) in [5, 5.41) is 3.23. The number of hydrogen-bond donors (Lipinski definition) is 1. The van der Waals surface area contributed by atoms with Crippen LogP contribution < -0.4 is 10.1 Å². The van der Waals surface area contributed by atoms with E-state index in [-0.39, 0.29) is 11.7 Å². The Morgan fingerprint density at radius 1 is 1.28 bits per heavy atom. The molecule has 1 aliphatic heterocycles. The van der Waals surface area contributed by atoms with Crippen LogP contribution in [0.3, 0.4) is 0 Å². The molecule has 1 aromatic heterocycles. The third-order valence-electron chi connectivity index (χ3n) is 4.30.